The van der Waals surface area contributed by atoms with Crippen LogP contribution in [-0.2, 0) is 9.53 Å². The fourth-order valence-corrected chi connectivity index (χ4v) is 3.28. The summed E-state index contributed by atoms with van der Waals surface area (Å²) in [6.07, 6.45) is 0.955. The quantitative estimate of drug-likeness (QED) is 0.532. The van der Waals surface area contributed by atoms with Crippen molar-refractivity contribution in [2.75, 3.05) is 34.3 Å². The first-order valence-electron chi connectivity index (χ1n) is 8.58. The SMILES string of the molecule is CCC(C)C(C(=O)OCC(C)(C)C[N+](C)(C)C)c1ccccc1. The van der Waals surface area contributed by atoms with Crippen molar-refractivity contribution in [1.29, 1.82) is 0 Å². The van der Waals surface area contributed by atoms with Gasteiger partial charge in [-0.1, -0.05) is 64.4 Å². The van der Waals surface area contributed by atoms with Crippen molar-refractivity contribution in [3.8, 4) is 0 Å². The molecule has 0 bridgehead atoms. The summed E-state index contributed by atoms with van der Waals surface area (Å²) in [4.78, 5) is 12.7. The van der Waals surface area contributed by atoms with E-state index >= 15 is 0 Å². The van der Waals surface area contributed by atoms with Crippen LogP contribution in [0.1, 0.15) is 45.6 Å². The zero-order valence-electron chi connectivity index (χ0n) is 15.9. The average molecular weight is 320 g/mol. The molecule has 0 radical (unpaired) electrons. The van der Waals surface area contributed by atoms with E-state index in [1.165, 1.54) is 0 Å². The van der Waals surface area contributed by atoms with E-state index in [2.05, 4.69) is 48.8 Å². The van der Waals surface area contributed by atoms with E-state index in [-0.39, 0.29) is 23.2 Å². The van der Waals surface area contributed by atoms with Gasteiger partial charge in [-0.05, 0) is 11.5 Å². The van der Waals surface area contributed by atoms with E-state index in [0.29, 0.717) is 6.61 Å². The van der Waals surface area contributed by atoms with Gasteiger partial charge in [0.2, 0.25) is 0 Å². The number of rotatable bonds is 8. The lowest BCUT2D eigenvalue weighted by atomic mass is 9.85. The lowest BCUT2D eigenvalue weighted by molar-refractivity contribution is -0.877. The number of benzene rings is 1. The number of carbonyl (C=O) groups is 1. The molecule has 1 rings (SSSR count). The normalized spacial score (nSPS) is 15.1. The summed E-state index contributed by atoms with van der Waals surface area (Å²) in [5.41, 5.74) is 1.01. The Labute approximate surface area is 142 Å². The van der Waals surface area contributed by atoms with E-state index in [4.69, 9.17) is 4.74 Å². The third kappa shape index (κ3) is 6.74. The van der Waals surface area contributed by atoms with Gasteiger partial charge < -0.3 is 9.22 Å². The van der Waals surface area contributed by atoms with Crippen LogP contribution in [0.4, 0.5) is 0 Å². The Hall–Kier alpha value is -1.35. The van der Waals surface area contributed by atoms with Crippen LogP contribution in [0.5, 0.6) is 0 Å². The van der Waals surface area contributed by atoms with Gasteiger partial charge in [0.05, 0.1) is 33.6 Å². The van der Waals surface area contributed by atoms with Crippen molar-refractivity contribution in [3.05, 3.63) is 35.9 Å². The van der Waals surface area contributed by atoms with E-state index in [1.807, 2.05) is 30.3 Å². The minimum atomic E-state index is -0.180. The highest BCUT2D eigenvalue weighted by Gasteiger charge is 2.31. The molecule has 1 aromatic rings. The summed E-state index contributed by atoms with van der Waals surface area (Å²) in [5, 5.41) is 0. The third-order valence-electron chi connectivity index (χ3n) is 4.13. The van der Waals surface area contributed by atoms with Gasteiger partial charge in [-0.2, -0.15) is 0 Å². The molecule has 0 aliphatic carbocycles. The van der Waals surface area contributed by atoms with Crippen LogP contribution in [-0.4, -0.2) is 44.7 Å². The summed E-state index contributed by atoms with van der Waals surface area (Å²) < 4.78 is 6.60. The lowest BCUT2D eigenvalue weighted by Gasteiger charge is -2.34. The molecule has 0 spiro atoms. The van der Waals surface area contributed by atoms with Crippen molar-refractivity contribution in [3.63, 3.8) is 0 Å². The number of ether oxygens (including phenoxy) is 1. The maximum Gasteiger partial charge on any atom is 0.313 e. The van der Waals surface area contributed by atoms with Crippen molar-refractivity contribution in [2.24, 2.45) is 11.3 Å². The first kappa shape index (κ1) is 19.7. The van der Waals surface area contributed by atoms with Gasteiger partial charge in [-0.15, -0.1) is 0 Å². The molecule has 3 nitrogen and oxygen atoms in total. The molecule has 0 amide bonds. The Bertz CT molecular complexity index is 488. The second-order valence-corrected chi connectivity index (χ2v) is 8.49. The topological polar surface area (TPSA) is 26.3 Å². The lowest BCUT2D eigenvalue weighted by Crippen LogP contribution is -2.45. The number of esters is 1. The van der Waals surface area contributed by atoms with Gasteiger partial charge in [0, 0.05) is 5.41 Å². The van der Waals surface area contributed by atoms with Gasteiger partial charge in [-0.3, -0.25) is 4.79 Å². The largest absolute Gasteiger partial charge is 0.464 e. The zero-order chi connectivity index (χ0) is 17.7. The molecule has 2 atom stereocenters. The first-order valence-corrected chi connectivity index (χ1v) is 8.58. The number of hydrogen-bond donors (Lipinski definition) is 0. The number of hydrogen-bond acceptors (Lipinski definition) is 2. The summed E-state index contributed by atoms with van der Waals surface area (Å²) in [5.74, 6) is -0.00688. The van der Waals surface area contributed by atoms with E-state index in [9.17, 15) is 4.79 Å². The highest BCUT2D eigenvalue weighted by atomic mass is 16.5. The van der Waals surface area contributed by atoms with Crippen LogP contribution in [0.25, 0.3) is 0 Å². The molecule has 1 aromatic carbocycles. The second-order valence-electron chi connectivity index (χ2n) is 8.49. The summed E-state index contributed by atoms with van der Waals surface area (Å²) in [6, 6.07) is 10.00. The Balaban J connectivity index is 2.79. The van der Waals surface area contributed by atoms with Crippen LogP contribution in [0, 0.1) is 11.3 Å². The molecule has 0 aliphatic heterocycles. The van der Waals surface area contributed by atoms with Crippen molar-refractivity contribution >= 4 is 5.97 Å². The second kappa shape index (κ2) is 7.96. The molecule has 0 N–H and O–H groups in total. The standard InChI is InChI=1S/C20H34NO2/c1-8-16(2)18(17-12-10-9-11-13-17)19(22)23-15-20(3,4)14-21(5,6)7/h9-13,16,18H,8,14-15H2,1-7H3/q+1. The molecule has 0 saturated heterocycles. The Morgan fingerprint density at radius 2 is 1.74 bits per heavy atom. The predicted octanol–water partition coefficient (Wildman–Crippen LogP) is 4.09. The molecule has 3 heteroatoms. The number of quaternary nitrogens is 1. The molecular weight excluding hydrogens is 286 g/mol. The molecule has 23 heavy (non-hydrogen) atoms. The summed E-state index contributed by atoms with van der Waals surface area (Å²) in [6.45, 7) is 9.97. The third-order valence-corrected chi connectivity index (χ3v) is 4.13. The minimum absolute atomic E-state index is 0.0371. The Morgan fingerprint density at radius 3 is 2.22 bits per heavy atom. The highest BCUT2D eigenvalue weighted by Crippen LogP contribution is 2.29. The molecule has 0 heterocycles. The fourth-order valence-electron chi connectivity index (χ4n) is 3.28. The average Bonchev–Trinajstić information content (AvgIpc) is 2.44. The van der Waals surface area contributed by atoms with Gasteiger partial charge in [-0.25, -0.2) is 0 Å². The molecule has 0 fully saturated rings. The van der Waals surface area contributed by atoms with E-state index in [0.717, 1.165) is 23.0 Å². The summed E-state index contributed by atoms with van der Waals surface area (Å²) >= 11 is 0. The smallest absolute Gasteiger partial charge is 0.313 e. The van der Waals surface area contributed by atoms with Gasteiger partial charge in [0.25, 0.3) is 0 Å². The maximum absolute atomic E-state index is 12.7. The zero-order valence-corrected chi connectivity index (χ0v) is 15.9. The number of nitrogens with zero attached hydrogens (tertiary/aromatic N) is 1. The highest BCUT2D eigenvalue weighted by molar-refractivity contribution is 5.78. The molecule has 0 aromatic heterocycles. The van der Waals surface area contributed by atoms with Crippen molar-refractivity contribution < 1.29 is 14.0 Å². The first-order chi connectivity index (χ1) is 10.6. The van der Waals surface area contributed by atoms with Crippen LogP contribution < -0.4 is 0 Å². The minimum Gasteiger partial charge on any atom is -0.464 e. The monoisotopic (exact) mass is 320 g/mol. The van der Waals surface area contributed by atoms with Crippen molar-refractivity contribution in [2.45, 2.75) is 40.0 Å². The van der Waals surface area contributed by atoms with Crippen LogP contribution in [0.2, 0.25) is 0 Å². The van der Waals surface area contributed by atoms with Crippen LogP contribution in [0.3, 0.4) is 0 Å². The maximum atomic E-state index is 12.7. The molecule has 0 aliphatic rings. The Kier molecular flexibility index (Phi) is 6.82. The molecular formula is C20H34NO2+. The predicted molar refractivity (Wildman–Crippen MR) is 96.3 cm³/mol. The molecule has 130 valence electrons. The molecule has 2 unspecified atom stereocenters. The molecule has 0 saturated carbocycles. The summed E-state index contributed by atoms with van der Waals surface area (Å²) in [7, 11) is 6.49. The van der Waals surface area contributed by atoms with Crippen molar-refractivity contribution in [1.82, 2.24) is 0 Å². The van der Waals surface area contributed by atoms with E-state index in [1.54, 1.807) is 0 Å². The van der Waals surface area contributed by atoms with E-state index < -0.39 is 0 Å². The fraction of sp³-hybridized carbons (Fsp3) is 0.650. The number of carbonyl (C=O) groups excluding carboxylic acids is 1. The van der Waals surface area contributed by atoms with Crippen LogP contribution >= 0.6 is 0 Å². The Morgan fingerprint density at radius 1 is 1.17 bits per heavy atom. The van der Waals surface area contributed by atoms with Gasteiger partial charge in [0.15, 0.2) is 0 Å². The van der Waals surface area contributed by atoms with Gasteiger partial charge >= 0.3 is 5.97 Å². The van der Waals surface area contributed by atoms with Gasteiger partial charge in [0.1, 0.15) is 6.61 Å². The van der Waals surface area contributed by atoms with Crippen LogP contribution in [0.15, 0.2) is 30.3 Å².